The van der Waals surface area contributed by atoms with Crippen LogP contribution in [0.1, 0.15) is 31.2 Å². The zero-order valence-electron chi connectivity index (χ0n) is 10.4. The van der Waals surface area contributed by atoms with Crippen LogP contribution in [0.15, 0.2) is 30.3 Å². The highest BCUT2D eigenvalue weighted by molar-refractivity contribution is 5.24. The maximum Gasteiger partial charge on any atom is 0.259 e. The Balaban J connectivity index is 1.96. The number of piperidine rings is 1. The van der Waals surface area contributed by atoms with Gasteiger partial charge in [-0.3, -0.25) is 15.0 Å². The summed E-state index contributed by atoms with van der Waals surface area (Å²) < 4.78 is 0. The predicted molar refractivity (Wildman–Crippen MR) is 68.9 cm³/mol. The molecule has 2 aliphatic rings. The molecule has 4 nitrogen and oxygen atoms in total. The topological polar surface area (TPSA) is 46.4 Å². The first kappa shape index (κ1) is 11.7. The van der Waals surface area contributed by atoms with E-state index in [1.165, 1.54) is 12.8 Å². The second kappa shape index (κ2) is 4.35. The molecule has 4 heteroatoms. The summed E-state index contributed by atoms with van der Waals surface area (Å²) in [6.45, 7) is 1.60. The Morgan fingerprint density at radius 1 is 1.28 bits per heavy atom. The minimum Gasteiger partial charge on any atom is -0.293 e. The standard InChI is InChI=1S/C14H18N2O2/c17-16(18)14(12-5-2-1-3-6-12)9-8-13-7-4-10-15(13)11-14/h1-3,5-6,13H,4,7-11H2/t13-,14-/m0/s1. The molecule has 0 N–H and O–H groups in total. The molecule has 0 aliphatic carbocycles. The van der Waals surface area contributed by atoms with Gasteiger partial charge in [0, 0.05) is 22.9 Å². The van der Waals surface area contributed by atoms with Gasteiger partial charge in [-0.15, -0.1) is 0 Å². The zero-order chi connectivity index (χ0) is 12.6. The Morgan fingerprint density at radius 2 is 2.06 bits per heavy atom. The largest absolute Gasteiger partial charge is 0.293 e. The molecule has 1 aromatic carbocycles. The summed E-state index contributed by atoms with van der Waals surface area (Å²) in [7, 11) is 0. The molecule has 1 aromatic rings. The second-order valence-electron chi connectivity index (χ2n) is 5.46. The van der Waals surface area contributed by atoms with Crippen molar-refractivity contribution >= 4 is 0 Å². The number of hydrogen-bond donors (Lipinski definition) is 0. The lowest BCUT2D eigenvalue weighted by atomic mass is 9.81. The first-order valence-electron chi connectivity index (χ1n) is 6.66. The molecule has 96 valence electrons. The third-order valence-electron chi connectivity index (χ3n) is 4.52. The number of benzene rings is 1. The van der Waals surface area contributed by atoms with Gasteiger partial charge in [-0.25, -0.2) is 0 Å². The van der Waals surface area contributed by atoms with Crippen LogP contribution in [0.2, 0.25) is 0 Å². The molecule has 2 fully saturated rings. The normalized spacial score (nSPS) is 32.1. The highest BCUT2D eigenvalue weighted by atomic mass is 16.6. The highest BCUT2D eigenvalue weighted by Crippen LogP contribution is 2.39. The van der Waals surface area contributed by atoms with Crippen molar-refractivity contribution in [2.45, 2.75) is 37.3 Å². The molecule has 2 saturated heterocycles. The average molecular weight is 246 g/mol. The number of nitrogens with zero attached hydrogens (tertiary/aromatic N) is 2. The molecule has 0 spiro atoms. The van der Waals surface area contributed by atoms with E-state index in [0.29, 0.717) is 19.0 Å². The minimum atomic E-state index is -0.887. The Hall–Kier alpha value is -1.42. The van der Waals surface area contributed by atoms with Crippen molar-refractivity contribution < 1.29 is 4.92 Å². The molecule has 2 aliphatic heterocycles. The van der Waals surface area contributed by atoms with Crippen molar-refractivity contribution in [1.29, 1.82) is 0 Å². The van der Waals surface area contributed by atoms with Crippen molar-refractivity contribution in [3.63, 3.8) is 0 Å². The maximum atomic E-state index is 11.6. The van der Waals surface area contributed by atoms with Crippen LogP contribution >= 0.6 is 0 Å². The van der Waals surface area contributed by atoms with E-state index in [9.17, 15) is 10.1 Å². The summed E-state index contributed by atoms with van der Waals surface area (Å²) in [5.41, 5.74) is -0.0254. The van der Waals surface area contributed by atoms with Crippen LogP contribution in [-0.4, -0.2) is 29.0 Å². The van der Waals surface area contributed by atoms with Gasteiger partial charge in [-0.2, -0.15) is 0 Å². The lowest BCUT2D eigenvalue weighted by Gasteiger charge is -2.38. The molecular weight excluding hydrogens is 228 g/mol. The van der Waals surface area contributed by atoms with E-state index in [1.54, 1.807) is 0 Å². The van der Waals surface area contributed by atoms with Gasteiger partial charge in [0.05, 0.1) is 6.54 Å². The van der Waals surface area contributed by atoms with Crippen molar-refractivity contribution in [3.05, 3.63) is 46.0 Å². The van der Waals surface area contributed by atoms with E-state index in [2.05, 4.69) is 4.90 Å². The molecule has 0 amide bonds. The first-order valence-corrected chi connectivity index (χ1v) is 6.66. The van der Waals surface area contributed by atoms with Crippen LogP contribution in [0.3, 0.4) is 0 Å². The van der Waals surface area contributed by atoms with E-state index in [-0.39, 0.29) is 4.92 Å². The van der Waals surface area contributed by atoms with Gasteiger partial charge in [-0.1, -0.05) is 30.3 Å². The lowest BCUT2D eigenvalue weighted by Crippen LogP contribution is -2.52. The molecule has 0 aromatic heterocycles. The quantitative estimate of drug-likeness (QED) is 0.594. The summed E-state index contributed by atoms with van der Waals surface area (Å²) in [5.74, 6) is 0. The number of hydrogen-bond acceptors (Lipinski definition) is 3. The van der Waals surface area contributed by atoms with Gasteiger partial charge in [-0.05, 0) is 25.8 Å². The average Bonchev–Trinajstić information content (AvgIpc) is 2.86. The monoisotopic (exact) mass is 246 g/mol. The van der Waals surface area contributed by atoms with Crippen molar-refractivity contribution in [2.24, 2.45) is 0 Å². The van der Waals surface area contributed by atoms with E-state index in [0.717, 1.165) is 18.5 Å². The Labute approximate surface area is 107 Å². The molecular formula is C14H18N2O2. The zero-order valence-corrected chi connectivity index (χ0v) is 10.4. The van der Waals surface area contributed by atoms with Crippen molar-refractivity contribution in [1.82, 2.24) is 4.90 Å². The summed E-state index contributed by atoms with van der Waals surface area (Å²) in [6, 6.07) is 10.1. The highest BCUT2D eigenvalue weighted by Gasteiger charge is 2.51. The van der Waals surface area contributed by atoms with Gasteiger partial charge in [0.25, 0.3) is 5.54 Å². The summed E-state index contributed by atoms with van der Waals surface area (Å²) >= 11 is 0. The smallest absolute Gasteiger partial charge is 0.259 e. The summed E-state index contributed by atoms with van der Waals surface area (Å²) in [4.78, 5) is 13.9. The molecule has 0 bridgehead atoms. The number of nitro groups is 1. The third-order valence-corrected chi connectivity index (χ3v) is 4.52. The molecule has 2 heterocycles. The van der Waals surface area contributed by atoms with E-state index in [4.69, 9.17) is 0 Å². The third kappa shape index (κ3) is 1.72. The Bertz CT molecular complexity index is 448. The van der Waals surface area contributed by atoms with Crippen LogP contribution in [0.25, 0.3) is 0 Å². The Morgan fingerprint density at radius 3 is 2.78 bits per heavy atom. The minimum absolute atomic E-state index is 0.0587. The van der Waals surface area contributed by atoms with Crippen molar-refractivity contribution in [3.8, 4) is 0 Å². The summed E-state index contributed by atoms with van der Waals surface area (Å²) in [6.07, 6.45) is 4.02. The number of rotatable bonds is 2. The molecule has 0 saturated carbocycles. The molecule has 3 rings (SSSR count). The SMILES string of the molecule is O=[N+]([O-])[C@@]1(c2ccccc2)CC[C@@H]2CCCN2C1. The molecule has 2 atom stereocenters. The fourth-order valence-electron chi connectivity index (χ4n) is 3.49. The van der Waals surface area contributed by atoms with Gasteiger partial charge in [0.1, 0.15) is 0 Å². The fraction of sp³-hybridized carbons (Fsp3) is 0.571. The van der Waals surface area contributed by atoms with Crippen molar-refractivity contribution in [2.75, 3.05) is 13.1 Å². The number of fused-ring (bicyclic) bond motifs is 1. The second-order valence-corrected chi connectivity index (χ2v) is 5.46. The van der Waals surface area contributed by atoms with Crippen LogP contribution in [0.5, 0.6) is 0 Å². The fourth-order valence-corrected chi connectivity index (χ4v) is 3.49. The van der Waals surface area contributed by atoms with E-state index < -0.39 is 5.54 Å². The van der Waals surface area contributed by atoms with Gasteiger partial charge in [0.2, 0.25) is 0 Å². The Kier molecular flexibility index (Phi) is 2.82. The van der Waals surface area contributed by atoms with Gasteiger partial charge >= 0.3 is 0 Å². The van der Waals surface area contributed by atoms with E-state index >= 15 is 0 Å². The van der Waals surface area contributed by atoms with Crippen LogP contribution < -0.4 is 0 Å². The summed E-state index contributed by atoms with van der Waals surface area (Å²) in [5, 5.41) is 11.6. The lowest BCUT2D eigenvalue weighted by molar-refractivity contribution is -0.585. The maximum absolute atomic E-state index is 11.6. The molecule has 0 radical (unpaired) electrons. The van der Waals surface area contributed by atoms with Gasteiger partial charge in [0.15, 0.2) is 0 Å². The van der Waals surface area contributed by atoms with Gasteiger partial charge < -0.3 is 0 Å². The molecule has 0 unspecified atom stereocenters. The predicted octanol–water partition coefficient (Wildman–Crippen LogP) is 2.42. The first-order chi connectivity index (χ1) is 8.72. The van der Waals surface area contributed by atoms with Crippen LogP contribution in [0.4, 0.5) is 0 Å². The van der Waals surface area contributed by atoms with E-state index in [1.807, 2.05) is 30.3 Å². The van der Waals surface area contributed by atoms with Crippen LogP contribution in [-0.2, 0) is 5.54 Å². The van der Waals surface area contributed by atoms with Crippen LogP contribution in [0, 0.1) is 10.1 Å². The molecule has 18 heavy (non-hydrogen) atoms.